The van der Waals surface area contributed by atoms with Gasteiger partial charge >= 0.3 is 5.97 Å². The van der Waals surface area contributed by atoms with Crippen LogP contribution in [0.1, 0.15) is 28.5 Å². The van der Waals surface area contributed by atoms with Crippen LogP contribution >= 0.6 is 0 Å². The van der Waals surface area contributed by atoms with Crippen LogP contribution in [0.5, 0.6) is 5.75 Å². The van der Waals surface area contributed by atoms with E-state index in [2.05, 4.69) is 21.6 Å². The van der Waals surface area contributed by atoms with Crippen molar-refractivity contribution in [2.75, 3.05) is 46.1 Å². The molecule has 2 heterocycles. The molecule has 0 unspecified atom stereocenters. The van der Waals surface area contributed by atoms with Gasteiger partial charge in [-0.05, 0) is 37.6 Å². The van der Waals surface area contributed by atoms with Crippen LogP contribution in [0.2, 0.25) is 0 Å². The Kier molecular flexibility index (Phi) is 7.65. The number of hydrogen-bond acceptors (Lipinski definition) is 6. The van der Waals surface area contributed by atoms with E-state index in [1.807, 2.05) is 43.3 Å². The Bertz CT molecular complexity index is 1070. The minimum absolute atomic E-state index is 0.182. The molecule has 7 nitrogen and oxygen atoms in total. The highest BCUT2D eigenvalue weighted by molar-refractivity contribution is 6.06. The highest BCUT2D eigenvalue weighted by Crippen LogP contribution is 2.31. The predicted molar refractivity (Wildman–Crippen MR) is 127 cm³/mol. The van der Waals surface area contributed by atoms with E-state index in [0.717, 1.165) is 35.2 Å². The number of aliphatic hydroxyl groups is 1. The summed E-state index contributed by atoms with van der Waals surface area (Å²) in [7, 11) is 0. The lowest BCUT2D eigenvalue weighted by Crippen LogP contribution is -2.42. The minimum atomic E-state index is -0.604. The van der Waals surface area contributed by atoms with Gasteiger partial charge in [-0.25, -0.2) is 4.79 Å². The van der Waals surface area contributed by atoms with Gasteiger partial charge in [0.1, 0.15) is 18.5 Å². The fourth-order valence-electron chi connectivity index (χ4n) is 4.31. The monoisotopic (exact) mass is 452 g/mol. The molecule has 1 aromatic heterocycles. The van der Waals surface area contributed by atoms with E-state index < -0.39 is 6.10 Å². The topological polar surface area (TPSA) is 73.2 Å². The summed E-state index contributed by atoms with van der Waals surface area (Å²) in [5.74, 6) is 0.280. The second-order valence-corrected chi connectivity index (χ2v) is 8.31. The smallest absolute Gasteiger partial charge is 0.340 e. The zero-order valence-corrected chi connectivity index (χ0v) is 19.3. The Morgan fingerprint density at radius 1 is 1.15 bits per heavy atom. The van der Waals surface area contributed by atoms with Crippen LogP contribution < -0.4 is 4.74 Å². The van der Waals surface area contributed by atoms with Crippen molar-refractivity contribution in [3.63, 3.8) is 0 Å². The highest BCUT2D eigenvalue weighted by atomic mass is 16.5. The van der Waals surface area contributed by atoms with Crippen molar-refractivity contribution in [3.8, 4) is 5.75 Å². The zero-order valence-electron chi connectivity index (χ0n) is 19.3. The molecule has 1 aliphatic heterocycles. The summed E-state index contributed by atoms with van der Waals surface area (Å²) >= 11 is 0. The molecule has 1 saturated heterocycles. The molecule has 3 aromatic rings. The number of carbonyl (C=O) groups is 1. The first-order valence-electron chi connectivity index (χ1n) is 11.5. The average Bonchev–Trinajstić information content (AvgIpc) is 3.10. The normalized spacial score (nSPS) is 15.5. The second-order valence-electron chi connectivity index (χ2n) is 8.31. The third-order valence-corrected chi connectivity index (χ3v) is 5.97. The number of esters is 1. The van der Waals surface area contributed by atoms with E-state index in [1.165, 1.54) is 0 Å². The summed E-state index contributed by atoms with van der Waals surface area (Å²) in [6, 6.07) is 15.9. The third kappa shape index (κ3) is 5.55. The number of aromatic nitrogens is 1. The van der Waals surface area contributed by atoms with E-state index in [-0.39, 0.29) is 12.6 Å². The standard InChI is InChI=1S/C26H32N2O5/c1-3-32-26(30)25-19(2)28(16-20-7-5-4-6-8-20)24-10-9-22(15-23(24)25)33-18-21(29)17-27-11-13-31-14-12-27/h4-10,15,21,29H,3,11-14,16-18H2,1-2H3/t21-/m1/s1. The lowest BCUT2D eigenvalue weighted by atomic mass is 10.1. The molecule has 1 fully saturated rings. The van der Waals surface area contributed by atoms with Crippen LogP contribution in [-0.4, -0.2) is 72.7 Å². The number of aliphatic hydroxyl groups excluding tert-OH is 1. The van der Waals surface area contributed by atoms with Crippen LogP contribution in [-0.2, 0) is 16.0 Å². The minimum Gasteiger partial charge on any atom is -0.491 e. The molecular formula is C26H32N2O5. The van der Waals surface area contributed by atoms with Gasteiger partial charge in [0.25, 0.3) is 0 Å². The van der Waals surface area contributed by atoms with Crippen molar-refractivity contribution in [1.29, 1.82) is 0 Å². The number of fused-ring (bicyclic) bond motifs is 1. The highest BCUT2D eigenvalue weighted by Gasteiger charge is 2.22. The molecule has 1 atom stereocenters. The van der Waals surface area contributed by atoms with Gasteiger partial charge in [-0.2, -0.15) is 0 Å². The van der Waals surface area contributed by atoms with Gasteiger partial charge in [0.2, 0.25) is 0 Å². The second kappa shape index (κ2) is 10.8. The summed E-state index contributed by atoms with van der Waals surface area (Å²) in [6.45, 7) is 8.48. The van der Waals surface area contributed by atoms with Gasteiger partial charge in [-0.1, -0.05) is 30.3 Å². The number of carbonyl (C=O) groups excluding carboxylic acids is 1. The molecule has 0 spiro atoms. The SMILES string of the molecule is CCOC(=O)c1c(C)n(Cc2ccccc2)c2ccc(OC[C@H](O)CN3CCOCC3)cc12. The number of nitrogens with zero attached hydrogens (tertiary/aromatic N) is 2. The van der Waals surface area contributed by atoms with Crippen LogP contribution in [0, 0.1) is 6.92 Å². The molecule has 2 aromatic carbocycles. The fourth-order valence-corrected chi connectivity index (χ4v) is 4.31. The Morgan fingerprint density at radius 3 is 2.64 bits per heavy atom. The molecular weight excluding hydrogens is 420 g/mol. The van der Waals surface area contributed by atoms with E-state index in [0.29, 0.717) is 44.2 Å². The summed E-state index contributed by atoms with van der Waals surface area (Å²) < 4.78 is 18.8. The molecule has 7 heteroatoms. The first-order valence-corrected chi connectivity index (χ1v) is 11.5. The summed E-state index contributed by atoms with van der Waals surface area (Å²) in [5.41, 5.74) is 3.51. The molecule has 33 heavy (non-hydrogen) atoms. The first kappa shape index (κ1) is 23.3. The predicted octanol–water partition coefficient (Wildman–Crippen LogP) is 3.25. The first-order chi connectivity index (χ1) is 16.1. The van der Waals surface area contributed by atoms with Gasteiger partial charge in [-0.3, -0.25) is 4.90 Å². The van der Waals surface area contributed by atoms with Crippen molar-refractivity contribution >= 4 is 16.9 Å². The van der Waals surface area contributed by atoms with Crippen molar-refractivity contribution in [2.45, 2.75) is 26.5 Å². The Morgan fingerprint density at radius 2 is 1.91 bits per heavy atom. The summed E-state index contributed by atoms with van der Waals surface area (Å²) in [5, 5.41) is 11.2. The van der Waals surface area contributed by atoms with Crippen LogP contribution in [0.3, 0.4) is 0 Å². The molecule has 4 rings (SSSR count). The molecule has 176 valence electrons. The van der Waals surface area contributed by atoms with E-state index in [4.69, 9.17) is 14.2 Å². The van der Waals surface area contributed by atoms with Crippen molar-refractivity contribution in [2.24, 2.45) is 0 Å². The number of hydrogen-bond donors (Lipinski definition) is 1. The fraction of sp³-hybridized carbons (Fsp3) is 0.423. The molecule has 1 aliphatic rings. The average molecular weight is 453 g/mol. The number of β-amino-alcohol motifs (C(OH)–C–C–N with tert-alkyl or cyclic N) is 1. The quantitative estimate of drug-likeness (QED) is 0.503. The van der Waals surface area contributed by atoms with Crippen molar-refractivity contribution in [3.05, 3.63) is 65.4 Å². The molecule has 0 radical (unpaired) electrons. The maximum Gasteiger partial charge on any atom is 0.340 e. The lowest BCUT2D eigenvalue weighted by molar-refractivity contribution is 0.00466. The largest absolute Gasteiger partial charge is 0.491 e. The summed E-state index contributed by atoms with van der Waals surface area (Å²) in [6.07, 6.45) is -0.604. The van der Waals surface area contributed by atoms with Gasteiger partial charge in [0, 0.05) is 42.8 Å². The van der Waals surface area contributed by atoms with E-state index >= 15 is 0 Å². The van der Waals surface area contributed by atoms with Gasteiger partial charge in [0.05, 0.1) is 25.4 Å². The molecule has 1 N–H and O–H groups in total. The Balaban J connectivity index is 1.57. The van der Waals surface area contributed by atoms with Crippen LogP contribution in [0.25, 0.3) is 10.9 Å². The van der Waals surface area contributed by atoms with E-state index in [9.17, 15) is 9.90 Å². The van der Waals surface area contributed by atoms with Gasteiger partial charge < -0.3 is 23.9 Å². The van der Waals surface area contributed by atoms with Crippen LogP contribution in [0.15, 0.2) is 48.5 Å². The number of ether oxygens (including phenoxy) is 3. The van der Waals surface area contributed by atoms with Gasteiger partial charge in [0.15, 0.2) is 0 Å². The maximum absolute atomic E-state index is 12.8. The lowest BCUT2D eigenvalue weighted by Gasteiger charge is -2.28. The maximum atomic E-state index is 12.8. The Labute approximate surface area is 194 Å². The number of morpholine rings is 1. The van der Waals surface area contributed by atoms with E-state index in [1.54, 1.807) is 6.92 Å². The zero-order chi connectivity index (χ0) is 23.2. The molecule has 0 bridgehead atoms. The summed E-state index contributed by atoms with van der Waals surface area (Å²) in [4.78, 5) is 15.0. The molecule has 0 saturated carbocycles. The van der Waals surface area contributed by atoms with Gasteiger partial charge in [-0.15, -0.1) is 0 Å². The van der Waals surface area contributed by atoms with Crippen molar-refractivity contribution < 1.29 is 24.1 Å². The Hall–Kier alpha value is -2.87. The molecule has 0 amide bonds. The third-order valence-electron chi connectivity index (χ3n) is 5.97. The number of rotatable bonds is 9. The van der Waals surface area contributed by atoms with Crippen molar-refractivity contribution in [1.82, 2.24) is 9.47 Å². The number of benzene rings is 2. The van der Waals surface area contributed by atoms with Crippen LogP contribution in [0.4, 0.5) is 0 Å². The molecule has 0 aliphatic carbocycles.